The van der Waals surface area contributed by atoms with E-state index in [0.717, 1.165) is 19.4 Å². The van der Waals surface area contributed by atoms with Gasteiger partial charge in [0.2, 0.25) is 17.8 Å². The van der Waals surface area contributed by atoms with Crippen molar-refractivity contribution in [1.82, 2.24) is 20.3 Å². The molecule has 1 aromatic heterocycles. The van der Waals surface area contributed by atoms with Gasteiger partial charge in [-0.15, -0.1) is 0 Å². The van der Waals surface area contributed by atoms with Gasteiger partial charge in [-0.25, -0.2) is 0 Å². The van der Waals surface area contributed by atoms with Crippen molar-refractivity contribution in [2.24, 2.45) is 11.7 Å². The van der Waals surface area contributed by atoms with Crippen molar-refractivity contribution in [3.05, 3.63) is 29.8 Å². The summed E-state index contributed by atoms with van der Waals surface area (Å²) in [7, 11) is 0. The van der Waals surface area contributed by atoms with Crippen LogP contribution in [0.4, 0.5) is 23.5 Å². The smallest absolute Gasteiger partial charge is 0.251 e. The van der Waals surface area contributed by atoms with Gasteiger partial charge in [0.15, 0.2) is 0 Å². The third-order valence-electron chi connectivity index (χ3n) is 6.77. The molecular weight excluding hydrogens is 496 g/mol. The molecule has 11 nitrogen and oxygen atoms in total. The van der Waals surface area contributed by atoms with Gasteiger partial charge in [-0.1, -0.05) is 39.2 Å². The number of benzene rings is 1. The van der Waals surface area contributed by atoms with E-state index < -0.39 is 0 Å². The molecule has 0 unspecified atom stereocenters. The predicted octanol–water partition coefficient (Wildman–Crippen LogP) is 3.93. The predicted molar refractivity (Wildman–Crippen MR) is 156 cm³/mol. The molecule has 1 heterocycles. The first-order valence-corrected chi connectivity index (χ1v) is 14.4. The number of hydrogen-bond acceptors (Lipinski definition) is 10. The van der Waals surface area contributed by atoms with E-state index in [1.807, 2.05) is 12.1 Å². The largest absolute Gasteiger partial charge is 0.378 e. The summed E-state index contributed by atoms with van der Waals surface area (Å²) in [6, 6.07) is 7.54. The summed E-state index contributed by atoms with van der Waals surface area (Å²) in [5, 5.41) is 13.0. The molecule has 0 spiro atoms. The number of carbonyl (C=O) groups is 1. The zero-order valence-electron chi connectivity index (χ0n) is 23.5. The molecule has 0 radical (unpaired) electrons. The first-order chi connectivity index (χ1) is 19.1. The monoisotopic (exact) mass is 542 g/mol. The van der Waals surface area contributed by atoms with Crippen LogP contribution in [0.3, 0.4) is 0 Å². The summed E-state index contributed by atoms with van der Waals surface area (Å²) in [5.74, 6) is 1.98. The van der Waals surface area contributed by atoms with E-state index >= 15 is 0 Å². The van der Waals surface area contributed by atoms with Crippen LogP contribution in [0.1, 0.15) is 69.2 Å². The van der Waals surface area contributed by atoms with Crippen molar-refractivity contribution < 1.29 is 14.3 Å². The molecule has 1 aliphatic rings. The van der Waals surface area contributed by atoms with Gasteiger partial charge in [-0.3, -0.25) is 4.79 Å². The molecule has 0 bridgehead atoms. The summed E-state index contributed by atoms with van der Waals surface area (Å²) < 4.78 is 10.7. The van der Waals surface area contributed by atoms with Gasteiger partial charge in [0, 0.05) is 36.9 Å². The Kier molecular flexibility index (Phi) is 13.7. The quantitative estimate of drug-likeness (QED) is 0.175. The van der Waals surface area contributed by atoms with Gasteiger partial charge in [-0.2, -0.15) is 15.0 Å². The maximum Gasteiger partial charge on any atom is 0.251 e. The highest BCUT2D eigenvalue weighted by atomic mass is 16.5. The van der Waals surface area contributed by atoms with Crippen LogP contribution >= 0.6 is 0 Å². The van der Waals surface area contributed by atoms with Gasteiger partial charge in [-0.05, 0) is 49.8 Å². The maximum atomic E-state index is 12.7. The van der Waals surface area contributed by atoms with Crippen LogP contribution in [0.5, 0.6) is 0 Å². The Morgan fingerprint density at radius 3 is 2.44 bits per heavy atom. The topological polar surface area (TPSA) is 148 Å². The summed E-state index contributed by atoms with van der Waals surface area (Å²) in [5.41, 5.74) is 6.63. The summed E-state index contributed by atoms with van der Waals surface area (Å²) in [4.78, 5) is 26.5. The Hall–Kier alpha value is -3.02. The van der Waals surface area contributed by atoms with E-state index in [1.165, 1.54) is 32.1 Å². The molecule has 1 aliphatic carbocycles. The van der Waals surface area contributed by atoms with Gasteiger partial charge in [0.05, 0.1) is 26.4 Å². The van der Waals surface area contributed by atoms with Gasteiger partial charge >= 0.3 is 0 Å². The molecule has 1 amide bonds. The number of aromatic nitrogens is 3. The van der Waals surface area contributed by atoms with E-state index in [4.69, 9.17) is 15.2 Å². The number of rotatable bonds is 18. The van der Waals surface area contributed by atoms with Gasteiger partial charge in [0.25, 0.3) is 5.91 Å². The number of amides is 1. The normalized spacial score (nSPS) is 13.8. The molecule has 1 fully saturated rings. The minimum atomic E-state index is -0.178. The zero-order chi connectivity index (χ0) is 27.7. The van der Waals surface area contributed by atoms with E-state index in [9.17, 15) is 4.79 Å². The fraction of sp³-hybridized carbons (Fsp3) is 0.643. The number of hydrogen-bond donors (Lipinski definition) is 5. The molecule has 0 saturated heterocycles. The zero-order valence-corrected chi connectivity index (χ0v) is 23.5. The van der Waals surface area contributed by atoms with Crippen LogP contribution < -0.4 is 27.0 Å². The lowest BCUT2D eigenvalue weighted by Crippen LogP contribution is -2.27. The molecule has 0 aliphatic heterocycles. The van der Waals surface area contributed by atoms with Gasteiger partial charge in [0.1, 0.15) is 0 Å². The Labute approximate surface area is 232 Å². The minimum absolute atomic E-state index is 0.178. The van der Waals surface area contributed by atoms with Gasteiger partial charge < -0.3 is 36.5 Å². The summed E-state index contributed by atoms with van der Waals surface area (Å²) in [6.45, 7) is 7.92. The second kappa shape index (κ2) is 17.5. The standard InChI is InChI=1S/C28H46N8O3/c1-3-23(4-2)32-27-34-26(31-20-21-9-6-5-7-10-21)35-28(36-27)33-24-12-8-11-22(19-24)25(37)30-14-16-39-18-17-38-15-13-29/h8,11-12,19,21,23H,3-7,9-10,13-18,20,29H2,1-2H3,(H,30,37)(H3,31,32,33,34,35,36). The highest BCUT2D eigenvalue weighted by Gasteiger charge is 2.16. The van der Waals surface area contributed by atoms with E-state index in [-0.39, 0.29) is 11.9 Å². The van der Waals surface area contributed by atoms with Crippen LogP contribution in [0.2, 0.25) is 0 Å². The third-order valence-corrected chi connectivity index (χ3v) is 6.77. The summed E-state index contributed by atoms with van der Waals surface area (Å²) >= 11 is 0. The second-order valence-electron chi connectivity index (χ2n) is 9.82. The second-order valence-corrected chi connectivity index (χ2v) is 9.82. The Morgan fingerprint density at radius 1 is 0.974 bits per heavy atom. The Morgan fingerprint density at radius 2 is 1.69 bits per heavy atom. The lowest BCUT2D eigenvalue weighted by molar-refractivity contribution is 0.0511. The lowest BCUT2D eigenvalue weighted by atomic mass is 9.89. The highest BCUT2D eigenvalue weighted by Crippen LogP contribution is 2.24. The fourth-order valence-corrected chi connectivity index (χ4v) is 4.49. The van der Waals surface area contributed by atoms with E-state index in [0.29, 0.717) is 74.5 Å². The van der Waals surface area contributed by atoms with Crippen LogP contribution in [0, 0.1) is 5.92 Å². The SMILES string of the molecule is CCC(CC)Nc1nc(NCC2CCCCC2)nc(Nc2cccc(C(=O)NCCOCCOCCN)c2)n1. The summed E-state index contributed by atoms with van der Waals surface area (Å²) in [6.07, 6.45) is 8.34. The molecule has 1 aromatic carbocycles. The number of nitrogens with one attached hydrogen (secondary N) is 4. The third kappa shape index (κ3) is 11.3. The molecule has 39 heavy (non-hydrogen) atoms. The highest BCUT2D eigenvalue weighted by molar-refractivity contribution is 5.95. The number of nitrogens with zero attached hydrogens (tertiary/aromatic N) is 3. The molecule has 216 valence electrons. The molecule has 6 N–H and O–H groups in total. The number of anilines is 4. The van der Waals surface area contributed by atoms with E-state index in [2.05, 4.69) is 50.1 Å². The number of ether oxygens (including phenoxy) is 2. The average Bonchev–Trinajstić information content (AvgIpc) is 2.96. The van der Waals surface area contributed by atoms with Crippen LogP contribution in [-0.4, -0.2) is 73.0 Å². The Bertz CT molecular complexity index is 983. The Balaban J connectivity index is 1.60. The first-order valence-electron chi connectivity index (χ1n) is 14.4. The average molecular weight is 543 g/mol. The van der Waals surface area contributed by atoms with Crippen molar-refractivity contribution >= 4 is 29.4 Å². The molecular formula is C28H46N8O3. The molecule has 3 rings (SSSR count). The lowest BCUT2D eigenvalue weighted by Gasteiger charge is -2.22. The van der Waals surface area contributed by atoms with Crippen LogP contribution in [0.25, 0.3) is 0 Å². The molecule has 2 aromatic rings. The first kappa shape index (κ1) is 30.5. The fourth-order valence-electron chi connectivity index (χ4n) is 4.49. The van der Waals surface area contributed by atoms with Crippen LogP contribution in [0.15, 0.2) is 24.3 Å². The molecule has 0 atom stereocenters. The van der Waals surface area contributed by atoms with Crippen molar-refractivity contribution in [3.63, 3.8) is 0 Å². The maximum absolute atomic E-state index is 12.7. The van der Waals surface area contributed by atoms with E-state index in [1.54, 1.807) is 12.1 Å². The van der Waals surface area contributed by atoms with Crippen molar-refractivity contribution in [2.45, 2.75) is 64.8 Å². The van der Waals surface area contributed by atoms with Crippen molar-refractivity contribution in [1.29, 1.82) is 0 Å². The molecule has 11 heteroatoms. The van der Waals surface area contributed by atoms with Crippen molar-refractivity contribution in [2.75, 3.05) is 62.0 Å². The number of nitrogens with two attached hydrogens (primary N) is 1. The minimum Gasteiger partial charge on any atom is -0.378 e. The number of carbonyl (C=O) groups excluding carboxylic acids is 1. The molecule has 1 saturated carbocycles. The van der Waals surface area contributed by atoms with Crippen LogP contribution in [-0.2, 0) is 9.47 Å². The van der Waals surface area contributed by atoms with Crippen molar-refractivity contribution in [3.8, 4) is 0 Å².